The molecule has 20 heavy (non-hydrogen) atoms. The van der Waals surface area contributed by atoms with Crippen molar-refractivity contribution in [2.45, 2.75) is 65.3 Å². The molecule has 0 amide bonds. The van der Waals surface area contributed by atoms with Crippen molar-refractivity contribution in [3.8, 4) is 5.75 Å². The largest absolute Gasteiger partial charge is 0.494 e. The second-order valence-corrected chi connectivity index (χ2v) is 5.55. The van der Waals surface area contributed by atoms with Crippen molar-refractivity contribution in [2.24, 2.45) is 0 Å². The fraction of sp³-hybridized carbons (Fsp3) is 0.667. The number of unbranched alkanes of at least 4 members (excludes halogenated alkanes) is 3. The quantitative estimate of drug-likeness (QED) is 0.598. The van der Waals surface area contributed by atoms with E-state index in [1.54, 1.807) is 0 Å². The van der Waals surface area contributed by atoms with Gasteiger partial charge in [-0.3, -0.25) is 0 Å². The van der Waals surface area contributed by atoms with Crippen LogP contribution in [-0.4, -0.2) is 19.2 Å². The standard InChI is InChI=1S/C18H31NO/c1-4-6-7-8-15-20-18-13-11-17(12-14-18)10-9-16(3)19-5-2/h11-14,16,19H,4-10,15H2,1-3H3. The third-order valence-corrected chi connectivity index (χ3v) is 3.61. The fourth-order valence-corrected chi connectivity index (χ4v) is 2.30. The molecular weight excluding hydrogens is 246 g/mol. The third kappa shape index (κ3) is 7.54. The van der Waals surface area contributed by atoms with Crippen LogP contribution in [0.1, 0.15) is 58.4 Å². The first-order valence-electron chi connectivity index (χ1n) is 8.21. The van der Waals surface area contributed by atoms with Crippen LogP contribution in [0.4, 0.5) is 0 Å². The summed E-state index contributed by atoms with van der Waals surface area (Å²) in [4.78, 5) is 0. The molecule has 0 radical (unpaired) electrons. The molecule has 1 rings (SSSR count). The molecular formula is C18H31NO. The van der Waals surface area contributed by atoms with Gasteiger partial charge in [0.15, 0.2) is 0 Å². The first-order chi connectivity index (χ1) is 9.76. The van der Waals surface area contributed by atoms with Gasteiger partial charge in [0.2, 0.25) is 0 Å². The summed E-state index contributed by atoms with van der Waals surface area (Å²) in [6.07, 6.45) is 7.34. The average molecular weight is 277 g/mol. The molecule has 114 valence electrons. The topological polar surface area (TPSA) is 21.3 Å². The number of nitrogens with one attached hydrogen (secondary N) is 1. The van der Waals surface area contributed by atoms with Gasteiger partial charge in [-0.1, -0.05) is 45.2 Å². The fourth-order valence-electron chi connectivity index (χ4n) is 2.30. The predicted octanol–water partition coefficient (Wildman–Crippen LogP) is 4.58. The van der Waals surface area contributed by atoms with E-state index in [1.165, 1.54) is 31.2 Å². The highest BCUT2D eigenvalue weighted by molar-refractivity contribution is 5.27. The van der Waals surface area contributed by atoms with Gasteiger partial charge in [-0.25, -0.2) is 0 Å². The average Bonchev–Trinajstić information content (AvgIpc) is 2.46. The molecule has 0 spiro atoms. The Bertz CT molecular complexity index is 334. The van der Waals surface area contributed by atoms with Crippen LogP contribution in [-0.2, 0) is 6.42 Å². The van der Waals surface area contributed by atoms with Crippen LogP contribution in [0.3, 0.4) is 0 Å². The summed E-state index contributed by atoms with van der Waals surface area (Å²) >= 11 is 0. The molecule has 1 N–H and O–H groups in total. The summed E-state index contributed by atoms with van der Waals surface area (Å²) in [6, 6.07) is 9.19. The number of benzene rings is 1. The van der Waals surface area contributed by atoms with E-state index in [4.69, 9.17) is 4.74 Å². The Hall–Kier alpha value is -1.02. The summed E-state index contributed by atoms with van der Waals surface area (Å²) in [5, 5.41) is 3.45. The van der Waals surface area contributed by atoms with Gasteiger partial charge in [0.05, 0.1) is 6.61 Å². The Morgan fingerprint density at radius 1 is 1.05 bits per heavy atom. The second kappa shape index (κ2) is 10.7. The van der Waals surface area contributed by atoms with Crippen molar-refractivity contribution < 1.29 is 4.74 Å². The third-order valence-electron chi connectivity index (χ3n) is 3.61. The van der Waals surface area contributed by atoms with Crippen molar-refractivity contribution in [1.29, 1.82) is 0 Å². The van der Waals surface area contributed by atoms with E-state index in [0.717, 1.165) is 31.7 Å². The summed E-state index contributed by atoms with van der Waals surface area (Å²) in [7, 11) is 0. The zero-order valence-electron chi connectivity index (χ0n) is 13.5. The minimum Gasteiger partial charge on any atom is -0.494 e. The van der Waals surface area contributed by atoms with E-state index in [0.29, 0.717) is 6.04 Å². The Morgan fingerprint density at radius 3 is 2.45 bits per heavy atom. The molecule has 0 heterocycles. The van der Waals surface area contributed by atoms with Gasteiger partial charge in [-0.15, -0.1) is 0 Å². The lowest BCUT2D eigenvalue weighted by Crippen LogP contribution is -2.25. The van der Waals surface area contributed by atoms with Crippen molar-refractivity contribution in [3.05, 3.63) is 29.8 Å². The van der Waals surface area contributed by atoms with Gasteiger partial charge < -0.3 is 10.1 Å². The van der Waals surface area contributed by atoms with E-state index in [-0.39, 0.29) is 0 Å². The van der Waals surface area contributed by atoms with Crippen LogP contribution in [0.15, 0.2) is 24.3 Å². The summed E-state index contributed by atoms with van der Waals surface area (Å²) in [5.74, 6) is 1.00. The van der Waals surface area contributed by atoms with Crippen LogP contribution in [0.2, 0.25) is 0 Å². The molecule has 0 bridgehead atoms. The molecule has 0 aliphatic rings. The molecule has 1 aromatic carbocycles. The minimum atomic E-state index is 0.592. The summed E-state index contributed by atoms with van der Waals surface area (Å²) < 4.78 is 5.76. The van der Waals surface area contributed by atoms with E-state index in [1.807, 2.05) is 0 Å². The smallest absolute Gasteiger partial charge is 0.119 e. The van der Waals surface area contributed by atoms with Crippen molar-refractivity contribution in [2.75, 3.05) is 13.2 Å². The lowest BCUT2D eigenvalue weighted by molar-refractivity contribution is 0.305. The molecule has 1 aromatic rings. The lowest BCUT2D eigenvalue weighted by Gasteiger charge is -2.12. The van der Waals surface area contributed by atoms with Gasteiger partial charge in [0, 0.05) is 6.04 Å². The first-order valence-corrected chi connectivity index (χ1v) is 8.21. The Kier molecular flexibility index (Phi) is 9.14. The second-order valence-electron chi connectivity index (χ2n) is 5.55. The van der Waals surface area contributed by atoms with E-state index in [2.05, 4.69) is 50.4 Å². The zero-order chi connectivity index (χ0) is 14.6. The van der Waals surface area contributed by atoms with Gasteiger partial charge in [0.25, 0.3) is 0 Å². The van der Waals surface area contributed by atoms with Crippen LogP contribution in [0.5, 0.6) is 5.75 Å². The monoisotopic (exact) mass is 277 g/mol. The molecule has 0 aromatic heterocycles. The Morgan fingerprint density at radius 2 is 1.80 bits per heavy atom. The van der Waals surface area contributed by atoms with Gasteiger partial charge in [-0.2, -0.15) is 0 Å². The molecule has 0 saturated heterocycles. The van der Waals surface area contributed by atoms with Gasteiger partial charge in [0.1, 0.15) is 5.75 Å². The van der Waals surface area contributed by atoms with Crippen LogP contribution in [0.25, 0.3) is 0 Å². The van der Waals surface area contributed by atoms with Crippen molar-refractivity contribution in [1.82, 2.24) is 5.32 Å². The molecule has 1 atom stereocenters. The van der Waals surface area contributed by atoms with Crippen LogP contribution < -0.4 is 10.1 Å². The maximum atomic E-state index is 5.76. The Labute approximate surface area is 124 Å². The van der Waals surface area contributed by atoms with Crippen LogP contribution in [0, 0.1) is 0 Å². The number of ether oxygens (including phenoxy) is 1. The number of aryl methyl sites for hydroxylation is 1. The first kappa shape index (κ1) is 17.0. The SMILES string of the molecule is CCCCCCOc1ccc(CCC(C)NCC)cc1. The highest BCUT2D eigenvalue weighted by Gasteiger charge is 2.01. The minimum absolute atomic E-state index is 0.592. The van der Waals surface area contributed by atoms with E-state index in [9.17, 15) is 0 Å². The van der Waals surface area contributed by atoms with Crippen molar-refractivity contribution >= 4 is 0 Å². The highest BCUT2D eigenvalue weighted by Crippen LogP contribution is 2.14. The number of hydrogen-bond acceptors (Lipinski definition) is 2. The summed E-state index contributed by atoms with van der Waals surface area (Å²) in [5.41, 5.74) is 1.40. The van der Waals surface area contributed by atoms with Crippen LogP contribution >= 0.6 is 0 Å². The maximum absolute atomic E-state index is 5.76. The molecule has 0 saturated carbocycles. The molecule has 2 nitrogen and oxygen atoms in total. The molecule has 0 fully saturated rings. The predicted molar refractivity (Wildman–Crippen MR) is 87.5 cm³/mol. The normalized spacial score (nSPS) is 12.3. The van der Waals surface area contributed by atoms with E-state index < -0.39 is 0 Å². The lowest BCUT2D eigenvalue weighted by atomic mass is 10.1. The highest BCUT2D eigenvalue weighted by atomic mass is 16.5. The molecule has 1 unspecified atom stereocenters. The van der Waals surface area contributed by atoms with Gasteiger partial charge >= 0.3 is 0 Å². The zero-order valence-corrected chi connectivity index (χ0v) is 13.5. The molecule has 2 heteroatoms. The van der Waals surface area contributed by atoms with Crippen molar-refractivity contribution in [3.63, 3.8) is 0 Å². The van der Waals surface area contributed by atoms with E-state index >= 15 is 0 Å². The number of hydrogen-bond donors (Lipinski definition) is 1. The molecule has 0 aliphatic heterocycles. The van der Waals surface area contributed by atoms with Gasteiger partial charge in [-0.05, 0) is 50.4 Å². The number of rotatable bonds is 11. The Balaban J connectivity index is 2.22. The summed E-state index contributed by atoms with van der Waals surface area (Å²) in [6.45, 7) is 8.53. The maximum Gasteiger partial charge on any atom is 0.119 e. The molecule has 0 aliphatic carbocycles.